The summed E-state index contributed by atoms with van der Waals surface area (Å²) in [6.45, 7) is 2.10. The number of carbonyl (C=O) groups is 2. The first kappa shape index (κ1) is 15.2. The third kappa shape index (κ3) is 4.68. The van der Waals surface area contributed by atoms with Crippen LogP contribution < -0.4 is 0 Å². The van der Waals surface area contributed by atoms with Crippen LogP contribution in [0.2, 0.25) is 0 Å². The second-order valence-corrected chi connectivity index (χ2v) is 5.05. The third-order valence-corrected chi connectivity index (χ3v) is 3.45. The van der Waals surface area contributed by atoms with E-state index in [4.69, 9.17) is 9.47 Å². The monoisotopic (exact) mass is 305 g/mol. The van der Waals surface area contributed by atoms with Gasteiger partial charge in [-0.2, -0.15) is 0 Å². The van der Waals surface area contributed by atoms with Crippen molar-refractivity contribution in [2.45, 2.75) is 20.0 Å². The fourth-order valence-corrected chi connectivity index (χ4v) is 2.32. The van der Waals surface area contributed by atoms with Crippen LogP contribution >= 0.6 is 11.3 Å². The molecule has 21 heavy (non-hydrogen) atoms. The molecule has 2 aromatic rings. The van der Waals surface area contributed by atoms with E-state index < -0.39 is 5.97 Å². The lowest BCUT2D eigenvalue weighted by Gasteiger charge is -2.02. The number of thiazole rings is 1. The van der Waals surface area contributed by atoms with E-state index in [1.165, 1.54) is 11.3 Å². The Hall–Kier alpha value is -2.21. The molecule has 2 rings (SSSR count). The maximum atomic E-state index is 11.7. The van der Waals surface area contributed by atoms with Crippen LogP contribution in [0.5, 0.6) is 0 Å². The van der Waals surface area contributed by atoms with Crippen LogP contribution in [0.3, 0.4) is 0 Å². The minimum Gasteiger partial charge on any atom is -0.461 e. The van der Waals surface area contributed by atoms with E-state index in [1.807, 2.05) is 30.3 Å². The zero-order valence-corrected chi connectivity index (χ0v) is 12.4. The molecule has 5 nitrogen and oxygen atoms in total. The average molecular weight is 305 g/mol. The van der Waals surface area contributed by atoms with Crippen molar-refractivity contribution in [3.05, 3.63) is 52.0 Å². The Morgan fingerprint density at radius 3 is 2.67 bits per heavy atom. The van der Waals surface area contributed by atoms with Gasteiger partial charge in [0, 0.05) is 5.38 Å². The van der Waals surface area contributed by atoms with E-state index in [2.05, 4.69) is 4.98 Å². The van der Waals surface area contributed by atoms with Crippen LogP contribution in [0.4, 0.5) is 0 Å². The minimum absolute atomic E-state index is 0.0571. The largest absolute Gasteiger partial charge is 0.461 e. The van der Waals surface area contributed by atoms with E-state index in [0.29, 0.717) is 12.3 Å². The van der Waals surface area contributed by atoms with Crippen LogP contribution in [-0.4, -0.2) is 23.5 Å². The van der Waals surface area contributed by atoms with Crippen molar-refractivity contribution in [1.29, 1.82) is 0 Å². The SMILES string of the molecule is CCOC(=O)c1nc(COC(=O)Cc2ccccc2)cs1. The zero-order valence-electron chi connectivity index (χ0n) is 11.6. The standard InChI is InChI=1S/C15H15NO4S/c1-2-19-15(18)14-16-12(10-21-14)9-20-13(17)8-11-6-4-3-5-7-11/h3-7,10H,2,8-9H2,1H3. The Bertz CT molecular complexity index is 609. The average Bonchev–Trinajstić information content (AvgIpc) is 2.95. The van der Waals surface area contributed by atoms with Crippen molar-refractivity contribution in [3.63, 3.8) is 0 Å². The molecule has 110 valence electrons. The van der Waals surface area contributed by atoms with Gasteiger partial charge in [0.25, 0.3) is 0 Å². The van der Waals surface area contributed by atoms with E-state index >= 15 is 0 Å². The summed E-state index contributed by atoms with van der Waals surface area (Å²) in [6, 6.07) is 9.36. The molecule has 1 aromatic heterocycles. The first-order valence-corrected chi connectivity index (χ1v) is 7.38. The Kier molecular flexibility index (Phi) is 5.45. The van der Waals surface area contributed by atoms with Gasteiger partial charge in [-0.1, -0.05) is 30.3 Å². The van der Waals surface area contributed by atoms with Crippen molar-refractivity contribution in [3.8, 4) is 0 Å². The first-order valence-electron chi connectivity index (χ1n) is 6.50. The molecule has 0 atom stereocenters. The molecule has 0 saturated carbocycles. The number of hydrogen-bond acceptors (Lipinski definition) is 6. The van der Waals surface area contributed by atoms with E-state index in [-0.39, 0.29) is 24.0 Å². The predicted octanol–water partition coefficient (Wildman–Crippen LogP) is 2.61. The van der Waals surface area contributed by atoms with Gasteiger partial charge >= 0.3 is 11.9 Å². The lowest BCUT2D eigenvalue weighted by molar-refractivity contribution is -0.144. The van der Waals surface area contributed by atoms with Gasteiger partial charge < -0.3 is 9.47 Å². The summed E-state index contributed by atoms with van der Waals surface area (Å²) in [7, 11) is 0. The Balaban J connectivity index is 1.83. The summed E-state index contributed by atoms with van der Waals surface area (Å²) in [5.41, 5.74) is 1.44. The van der Waals surface area contributed by atoms with E-state index in [0.717, 1.165) is 5.56 Å². The molecule has 0 aliphatic heterocycles. The minimum atomic E-state index is -0.454. The van der Waals surface area contributed by atoms with Crippen LogP contribution in [0.25, 0.3) is 0 Å². The Morgan fingerprint density at radius 1 is 1.19 bits per heavy atom. The van der Waals surface area contributed by atoms with Crippen LogP contribution in [0, 0.1) is 0 Å². The summed E-state index contributed by atoms with van der Waals surface area (Å²) in [6.07, 6.45) is 0.218. The van der Waals surface area contributed by atoms with E-state index in [1.54, 1.807) is 12.3 Å². The molecule has 0 saturated heterocycles. The summed E-state index contributed by atoms with van der Waals surface area (Å²) in [4.78, 5) is 27.2. The van der Waals surface area contributed by atoms with Gasteiger partial charge in [0.1, 0.15) is 6.61 Å². The molecule has 0 N–H and O–H groups in total. The third-order valence-electron chi connectivity index (χ3n) is 2.57. The number of aromatic nitrogens is 1. The van der Waals surface area contributed by atoms with E-state index in [9.17, 15) is 9.59 Å². The normalized spacial score (nSPS) is 10.1. The molecule has 6 heteroatoms. The van der Waals surface area contributed by atoms with Gasteiger partial charge in [0.05, 0.1) is 18.7 Å². The second kappa shape index (κ2) is 7.54. The Labute approximate surface area is 126 Å². The number of benzene rings is 1. The van der Waals surface area contributed by atoms with Crippen molar-refractivity contribution in [2.75, 3.05) is 6.61 Å². The summed E-state index contributed by atoms with van der Waals surface area (Å²) >= 11 is 1.18. The maximum absolute atomic E-state index is 11.7. The lowest BCUT2D eigenvalue weighted by atomic mass is 10.2. The number of hydrogen-bond donors (Lipinski definition) is 0. The fourth-order valence-electron chi connectivity index (χ4n) is 1.63. The molecule has 1 heterocycles. The van der Waals surface area contributed by atoms with Crippen molar-refractivity contribution in [2.24, 2.45) is 0 Å². The van der Waals surface area contributed by atoms with Crippen molar-refractivity contribution in [1.82, 2.24) is 4.98 Å². The molecular weight excluding hydrogens is 290 g/mol. The molecular formula is C15H15NO4S. The highest BCUT2D eigenvalue weighted by atomic mass is 32.1. The number of carbonyl (C=O) groups excluding carboxylic acids is 2. The summed E-state index contributed by atoms with van der Waals surface area (Å²) < 4.78 is 9.99. The first-order chi connectivity index (χ1) is 10.2. The molecule has 0 spiro atoms. The highest BCUT2D eigenvalue weighted by Gasteiger charge is 2.13. The van der Waals surface area contributed by atoms with Gasteiger partial charge in [0.2, 0.25) is 5.01 Å². The smallest absolute Gasteiger partial charge is 0.367 e. The maximum Gasteiger partial charge on any atom is 0.367 e. The molecule has 0 aliphatic rings. The number of ether oxygens (including phenoxy) is 2. The highest BCUT2D eigenvalue weighted by molar-refractivity contribution is 7.11. The molecule has 0 bridgehead atoms. The van der Waals surface area contributed by atoms with Gasteiger partial charge in [-0.05, 0) is 12.5 Å². The van der Waals surface area contributed by atoms with Gasteiger partial charge in [-0.15, -0.1) is 11.3 Å². The van der Waals surface area contributed by atoms with Crippen LogP contribution in [-0.2, 0) is 27.3 Å². The number of esters is 2. The predicted molar refractivity (Wildman–Crippen MR) is 78.0 cm³/mol. The Morgan fingerprint density at radius 2 is 1.95 bits per heavy atom. The van der Waals surface area contributed by atoms with Crippen LogP contribution in [0.15, 0.2) is 35.7 Å². The molecule has 0 unspecified atom stereocenters. The van der Waals surface area contributed by atoms with Crippen molar-refractivity contribution < 1.29 is 19.1 Å². The van der Waals surface area contributed by atoms with Crippen molar-refractivity contribution >= 4 is 23.3 Å². The molecule has 0 aliphatic carbocycles. The topological polar surface area (TPSA) is 65.5 Å². The van der Waals surface area contributed by atoms with Gasteiger partial charge in [0.15, 0.2) is 0 Å². The summed E-state index contributed by atoms with van der Waals surface area (Å²) in [5, 5.41) is 1.95. The summed E-state index contributed by atoms with van der Waals surface area (Å²) in [5.74, 6) is -0.781. The number of nitrogens with zero attached hydrogens (tertiary/aromatic N) is 1. The van der Waals surface area contributed by atoms with Crippen LogP contribution in [0.1, 0.15) is 28.0 Å². The quantitative estimate of drug-likeness (QED) is 0.768. The molecule has 0 amide bonds. The molecule has 0 fully saturated rings. The highest BCUT2D eigenvalue weighted by Crippen LogP contribution is 2.12. The second-order valence-electron chi connectivity index (χ2n) is 4.19. The van der Waals surface area contributed by atoms with Gasteiger partial charge in [-0.3, -0.25) is 4.79 Å². The molecule has 0 radical (unpaired) electrons. The molecule has 1 aromatic carbocycles. The zero-order chi connectivity index (χ0) is 15.1. The lowest BCUT2D eigenvalue weighted by Crippen LogP contribution is -2.08. The fraction of sp³-hybridized carbons (Fsp3) is 0.267. The number of rotatable bonds is 6. The van der Waals surface area contributed by atoms with Gasteiger partial charge in [-0.25, -0.2) is 9.78 Å².